The van der Waals surface area contributed by atoms with Crippen LogP contribution in [0.3, 0.4) is 0 Å². The van der Waals surface area contributed by atoms with E-state index in [0.717, 1.165) is 36.2 Å². The Hall–Kier alpha value is -1.72. The molecule has 122 valence electrons. The molecule has 0 saturated heterocycles. The summed E-state index contributed by atoms with van der Waals surface area (Å²) in [6, 6.07) is 15.3. The zero-order valence-electron chi connectivity index (χ0n) is 13.3. The minimum atomic E-state index is 0.577. The number of thioether (sulfide) groups is 1. The van der Waals surface area contributed by atoms with E-state index in [-0.39, 0.29) is 0 Å². The van der Waals surface area contributed by atoms with E-state index in [9.17, 15) is 0 Å². The molecular weight excluding hydrogens is 304 g/mol. The van der Waals surface area contributed by atoms with E-state index in [1.165, 1.54) is 23.6 Å². The highest BCUT2D eigenvalue weighted by Crippen LogP contribution is 2.24. The van der Waals surface area contributed by atoms with Crippen LogP contribution in [-0.2, 0) is 0 Å². The molecule has 0 spiro atoms. The summed E-state index contributed by atoms with van der Waals surface area (Å²) >= 11 is 1.85. The van der Waals surface area contributed by atoms with Crippen LogP contribution in [0.1, 0.15) is 12.8 Å². The van der Waals surface area contributed by atoms with Gasteiger partial charge in [-0.25, -0.2) is 0 Å². The Labute approximate surface area is 141 Å². The average molecular weight is 328 g/mol. The number of fused-ring (bicyclic) bond motifs is 1. The number of aliphatic imine (C=N–C) groups is 1. The first kappa shape index (κ1) is 16.1. The van der Waals surface area contributed by atoms with E-state index < -0.39 is 0 Å². The van der Waals surface area contributed by atoms with Gasteiger partial charge in [-0.3, -0.25) is 4.99 Å². The predicted octanol–water partition coefficient (Wildman–Crippen LogP) is 3.05. The van der Waals surface area contributed by atoms with E-state index in [4.69, 9.17) is 10.7 Å². The van der Waals surface area contributed by atoms with E-state index >= 15 is 0 Å². The third-order valence-corrected chi connectivity index (χ3v) is 4.72. The van der Waals surface area contributed by atoms with Crippen LogP contribution >= 0.6 is 11.8 Å². The largest absolute Gasteiger partial charge is 0.353 e. The molecule has 0 aromatic heterocycles. The van der Waals surface area contributed by atoms with Crippen molar-refractivity contribution >= 4 is 34.2 Å². The molecule has 23 heavy (non-hydrogen) atoms. The maximum Gasteiger partial charge on any atom is 0.196 e. The van der Waals surface area contributed by atoms with Gasteiger partial charge in [-0.1, -0.05) is 36.4 Å². The fourth-order valence-electron chi connectivity index (χ4n) is 2.41. The molecule has 1 aliphatic rings. The van der Waals surface area contributed by atoms with Gasteiger partial charge in [0.15, 0.2) is 5.96 Å². The average Bonchev–Trinajstić information content (AvgIpc) is 3.39. The second-order valence-electron chi connectivity index (χ2n) is 5.70. The summed E-state index contributed by atoms with van der Waals surface area (Å²) in [7, 11) is 0. The van der Waals surface area contributed by atoms with Gasteiger partial charge in [0.25, 0.3) is 0 Å². The van der Waals surface area contributed by atoms with Crippen molar-refractivity contribution in [3.63, 3.8) is 0 Å². The van der Waals surface area contributed by atoms with Crippen LogP contribution < -0.4 is 16.4 Å². The molecule has 4 N–H and O–H groups in total. The molecule has 0 bridgehead atoms. The fourth-order valence-corrected chi connectivity index (χ4v) is 3.00. The minimum Gasteiger partial charge on any atom is -0.353 e. The molecule has 2 aromatic carbocycles. The smallest absolute Gasteiger partial charge is 0.196 e. The van der Waals surface area contributed by atoms with Crippen molar-refractivity contribution in [2.24, 2.45) is 10.7 Å². The van der Waals surface area contributed by atoms with Crippen LogP contribution in [0.25, 0.3) is 10.8 Å². The number of hydrogen-bond donors (Lipinski definition) is 3. The van der Waals surface area contributed by atoms with Crippen LogP contribution in [0.15, 0.2) is 47.5 Å². The van der Waals surface area contributed by atoms with Crippen molar-refractivity contribution in [1.29, 1.82) is 0 Å². The lowest BCUT2D eigenvalue weighted by Gasteiger charge is -2.14. The highest BCUT2D eigenvalue weighted by Gasteiger charge is 2.22. The Kier molecular flexibility index (Phi) is 5.77. The van der Waals surface area contributed by atoms with Gasteiger partial charge in [-0.15, -0.1) is 0 Å². The highest BCUT2D eigenvalue weighted by molar-refractivity contribution is 7.99. The second kappa shape index (κ2) is 8.22. The highest BCUT2D eigenvalue weighted by atomic mass is 32.2. The van der Waals surface area contributed by atoms with E-state index in [2.05, 4.69) is 53.1 Å². The zero-order valence-corrected chi connectivity index (χ0v) is 14.1. The van der Waals surface area contributed by atoms with Gasteiger partial charge in [0, 0.05) is 35.2 Å². The summed E-state index contributed by atoms with van der Waals surface area (Å²) in [4.78, 5) is 4.71. The fraction of sp³-hybridized carbons (Fsp3) is 0.389. The summed E-state index contributed by atoms with van der Waals surface area (Å²) in [5, 5.41) is 9.45. The third-order valence-electron chi connectivity index (χ3n) is 3.73. The Morgan fingerprint density at radius 2 is 1.96 bits per heavy atom. The van der Waals surface area contributed by atoms with Crippen LogP contribution in [-0.4, -0.2) is 36.6 Å². The Morgan fingerprint density at radius 1 is 1.13 bits per heavy atom. The SMILES string of the molecule is NCCSCCN=C(Nc1cccc2ccccc12)NC1CC1. The molecule has 2 aromatic rings. The molecule has 0 heterocycles. The first-order valence-corrected chi connectivity index (χ1v) is 9.36. The molecule has 0 unspecified atom stereocenters. The number of nitrogens with one attached hydrogen (secondary N) is 2. The van der Waals surface area contributed by atoms with Crippen LogP contribution in [0, 0.1) is 0 Å². The molecule has 0 radical (unpaired) electrons. The molecule has 0 amide bonds. The molecular formula is C18H24N4S. The maximum absolute atomic E-state index is 5.52. The Balaban J connectivity index is 1.70. The van der Waals surface area contributed by atoms with Gasteiger partial charge >= 0.3 is 0 Å². The lowest BCUT2D eigenvalue weighted by Crippen LogP contribution is -2.33. The third kappa shape index (κ3) is 4.88. The maximum atomic E-state index is 5.52. The summed E-state index contributed by atoms with van der Waals surface area (Å²) < 4.78 is 0. The van der Waals surface area contributed by atoms with E-state index in [1.54, 1.807) is 0 Å². The number of benzene rings is 2. The van der Waals surface area contributed by atoms with Gasteiger partial charge in [0.1, 0.15) is 0 Å². The number of hydrogen-bond acceptors (Lipinski definition) is 3. The van der Waals surface area contributed by atoms with Crippen molar-refractivity contribution in [3.05, 3.63) is 42.5 Å². The molecule has 1 aliphatic carbocycles. The Morgan fingerprint density at radius 3 is 2.78 bits per heavy atom. The summed E-state index contributed by atoms with van der Waals surface area (Å²) in [6.45, 7) is 1.54. The quantitative estimate of drug-likeness (QED) is 0.415. The number of nitrogens with two attached hydrogens (primary N) is 1. The van der Waals surface area contributed by atoms with Gasteiger partial charge in [0.2, 0.25) is 0 Å². The van der Waals surface area contributed by atoms with Crippen molar-refractivity contribution in [2.45, 2.75) is 18.9 Å². The standard InChI is InChI=1S/C18H24N4S/c19-10-12-23-13-11-20-18(21-15-8-9-15)22-17-7-3-5-14-4-1-2-6-16(14)17/h1-7,15H,8-13,19H2,(H2,20,21,22). The minimum absolute atomic E-state index is 0.577. The summed E-state index contributed by atoms with van der Waals surface area (Å²) in [6.07, 6.45) is 2.47. The molecule has 1 saturated carbocycles. The monoisotopic (exact) mass is 328 g/mol. The number of rotatable bonds is 7. The van der Waals surface area contributed by atoms with Crippen LogP contribution in [0.2, 0.25) is 0 Å². The van der Waals surface area contributed by atoms with Crippen LogP contribution in [0.5, 0.6) is 0 Å². The Bertz CT molecular complexity index is 662. The van der Waals surface area contributed by atoms with Crippen molar-refractivity contribution in [3.8, 4) is 0 Å². The number of guanidine groups is 1. The summed E-state index contributed by atoms with van der Waals surface area (Å²) in [5.41, 5.74) is 6.62. The summed E-state index contributed by atoms with van der Waals surface area (Å²) in [5.74, 6) is 2.89. The molecule has 0 aliphatic heterocycles. The molecule has 4 nitrogen and oxygen atoms in total. The molecule has 1 fully saturated rings. The first-order valence-electron chi connectivity index (χ1n) is 8.20. The van der Waals surface area contributed by atoms with Gasteiger partial charge in [-0.2, -0.15) is 11.8 Å². The molecule has 5 heteroatoms. The van der Waals surface area contributed by atoms with E-state index in [0.29, 0.717) is 6.04 Å². The normalized spacial score (nSPS) is 14.9. The molecule has 3 rings (SSSR count). The van der Waals surface area contributed by atoms with E-state index in [1.807, 2.05) is 11.8 Å². The predicted molar refractivity (Wildman–Crippen MR) is 102 cm³/mol. The van der Waals surface area contributed by atoms with Gasteiger partial charge in [0.05, 0.1) is 6.54 Å². The lowest BCUT2D eigenvalue weighted by molar-refractivity contribution is 0.893. The van der Waals surface area contributed by atoms with Crippen molar-refractivity contribution < 1.29 is 0 Å². The topological polar surface area (TPSA) is 62.4 Å². The first-order chi connectivity index (χ1) is 11.4. The van der Waals surface area contributed by atoms with Crippen molar-refractivity contribution in [1.82, 2.24) is 5.32 Å². The van der Waals surface area contributed by atoms with Gasteiger partial charge < -0.3 is 16.4 Å². The second-order valence-corrected chi connectivity index (χ2v) is 6.93. The van der Waals surface area contributed by atoms with Gasteiger partial charge in [-0.05, 0) is 24.3 Å². The number of anilines is 1. The molecule has 0 atom stereocenters. The zero-order chi connectivity index (χ0) is 15.9. The number of nitrogens with zero attached hydrogens (tertiary/aromatic N) is 1. The van der Waals surface area contributed by atoms with Crippen LogP contribution in [0.4, 0.5) is 5.69 Å². The lowest BCUT2D eigenvalue weighted by atomic mass is 10.1. The van der Waals surface area contributed by atoms with Crippen molar-refractivity contribution in [2.75, 3.05) is 29.9 Å².